The van der Waals surface area contributed by atoms with Gasteiger partial charge in [0.05, 0.1) is 12.4 Å². The van der Waals surface area contributed by atoms with E-state index in [2.05, 4.69) is 10.6 Å². The summed E-state index contributed by atoms with van der Waals surface area (Å²) in [7, 11) is -3.11. The molecule has 0 unspecified atom stereocenters. The molecule has 0 amide bonds. The molecule has 0 radical (unpaired) electrons. The van der Waals surface area contributed by atoms with Crippen molar-refractivity contribution in [3.05, 3.63) is 29.8 Å². The fraction of sp³-hybridized carbons (Fsp3) is 0.682. The van der Waals surface area contributed by atoms with Crippen LogP contribution in [-0.2, 0) is 21.1 Å². The van der Waals surface area contributed by atoms with Crippen molar-refractivity contribution in [2.45, 2.75) is 51.5 Å². The van der Waals surface area contributed by atoms with Gasteiger partial charge >= 0.3 is 5.97 Å². The van der Waals surface area contributed by atoms with Crippen LogP contribution in [0.4, 0.5) is 0 Å². The number of carboxylic acid groups (broad SMARTS) is 1. The summed E-state index contributed by atoms with van der Waals surface area (Å²) in [6.45, 7) is 4.69. The molecule has 3 N–H and O–H groups in total. The van der Waals surface area contributed by atoms with Gasteiger partial charge in [0, 0.05) is 12.3 Å². The van der Waals surface area contributed by atoms with E-state index in [0.717, 1.165) is 36.7 Å². The third kappa shape index (κ3) is 9.45. The lowest BCUT2D eigenvalue weighted by Crippen LogP contribution is -2.41. The van der Waals surface area contributed by atoms with Gasteiger partial charge in [0.1, 0.15) is 11.8 Å². The normalized spacial score (nSPS) is 16.3. The van der Waals surface area contributed by atoms with Crippen LogP contribution < -0.4 is 15.4 Å². The van der Waals surface area contributed by atoms with E-state index in [1.54, 1.807) is 6.92 Å². The second kappa shape index (κ2) is 12.9. The average molecular weight is 441 g/mol. The molecule has 1 aliphatic rings. The number of benzene rings is 1. The van der Waals surface area contributed by atoms with Gasteiger partial charge in [0.25, 0.3) is 0 Å². The fourth-order valence-corrected chi connectivity index (χ4v) is 4.35. The highest BCUT2D eigenvalue weighted by Gasteiger charge is 2.18. The number of ether oxygens (including phenoxy) is 1. The molecule has 0 aromatic heterocycles. The van der Waals surface area contributed by atoms with Gasteiger partial charge in [-0.2, -0.15) is 0 Å². The van der Waals surface area contributed by atoms with Crippen LogP contribution in [0.15, 0.2) is 24.3 Å². The van der Waals surface area contributed by atoms with E-state index >= 15 is 0 Å². The smallest absolute Gasteiger partial charge is 0.321 e. The number of hydrogen-bond acceptors (Lipinski definition) is 6. The fourth-order valence-electron chi connectivity index (χ4n) is 3.63. The third-order valence-corrected chi connectivity index (χ3v) is 7.34. The number of piperidine rings is 1. The van der Waals surface area contributed by atoms with Gasteiger partial charge in [0.2, 0.25) is 0 Å². The van der Waals surface area contributed by atoms with Crippen LogP contribution >= 0.6 is 0 Å². The molecule has 1 aromatic carbocycles. The van der Waals surface area contributed by atoms with Crippen LogP contribution in [-0.4, -0.2) is 63.3 Å². The second-order valence-electron chi connectivity index (χ2n) is 7.97. The Morgan fingerprint density at radius 3 is 2.57 bits per heavy atom. The van der Waals surface area contributed by atoms with Crippen LogP contribution in [0.3, 0.4) is 0 Å². The highest BCUT2D eigenvalue weighted by Crippen LogP contribution is 2.19. The molecule has 30 heavy (non-hydrogen) atoms. The molecule has 1 heterocycles. The van der Waals surface area contributed by atoms with E-state index in [4.69, 9.17) is 4.74 Å². The van der Waals surface area contributed by atoms with Gasteiger partial charge in [-0.05, 0) is 68.8 Å². The Hall–Kier alpha value is -1.64. The van der Waals surface area contributed by atoms with Crippen molar-refractivity contribution >= 4 is 15.8 Å². The molecule has 0 aliphatic carbocycles. The highest BCUT2D eigenvalue weighted by molar-refractivity contribution is 7.91. The van der Waals surface area contributed by atoms with E-state index < -0.39 is 21.8 Å². The number of aliphatic carboxylic acids is 1. The van der Waals surface area contributed by atoms with Crippen molar-refractivity contribution < 1.29 is 23.1 Å². The van der Waals surface area contributed by atoms with Gasteiger partial charge in [0.15, 0.2) is 9.84 Å². The first-order valence-corrected chi connectivity index (χ1v) is 12.8. The predicted molar refractivity (Wildman–Crippen MR) is 119 cm³/mol. The standard InChI is InChI=1S/C22H36N2O5S/c1-2-30(27,28)16-14-24-21(22(25)26)17-19-6-8-20(9-7-19)29-15-4-3-5-18-10-12-23-13-11-18/h6-9,18,21,23-24H,2-5,10-17H2,1H3,(H,25,26)/t21-/m0/s1. The van der Waals surface area contributed by atoms with Crippen LogP contribution in [0.5, 0.6) is 5.75 Å². The molecule has 1 atom stereocenters. The molecule has 1 aliphatic heterocycles. The van der Waals surface area contributed by atoms with E-state index in [1.807, 2.05) is 24.3 Å². The number of carbonyl (C=O) groups is 1. The molecule has 2 rings (SSSR count). The first kappa shape index (κ1) is 24.6. The molecular formula is C22H36N2O5S. The molecule has 1 fully saturated rings. The van der Waals surface area contributed by atoms with Crippen molar-refractivity contribution in [1.29, 1.82) is 0 Å². The van der Waals surface area contributed by atoms with Crippen molar-refractivity contribution in [3.8, 4) is 5.75 Å². The quantitative estimate of drug-likeness (QED) is 0.381. The number of hydrogen-bond donors (Lipinski definition) is 3. The number of unbranched alkanes of at least 4 members (excludes halogenated alkanes) is 1. The molecule has 170 valence electrons. The number of nitrogens with one attached hydrogen (secondary N) is 2. The molecule has 1 saturated heterocycles. The van der Waals surface area contributed by atoms with Gasteiger partial charge in [-0.3, -0.25) is 4.79 Å². The second-order valence-corrected chi connectivity index (χ2v) is 10.4. The Bertz CT molecular complexity index is 730. The van der Waals surface area contributed by atoms with Crippen molar-refractivity contribution in [2.75, 3.05) is 37.7 Å². The first-order chi connectivity index (χ1) is 14.4. The topological polar surface area (TPSA) is 105 Å². The summed E-state index contributed by atoms with van der Waals surface area (Å²) in [5.74, 6) is 0.653. The monoisotopic (exact) mass is 440 g/mol. The van der Waals surface area contributed by atoms with Crippen LogP contribution in [0, 0.1) is 5.92 Å². The van der Waals surface area contributed by atoms with Crippen molar-refractivity contribution in [1.82, 2.24) is 10.6 Å². The molecular weight excluding hydrogens is 404 g/mol. The third-order valence-electron chi connectivity index (χ3n) is 5.64. The minimum Gasteiger partial charge on any atom is -0.494 e. The van der Waals surface area contributed by atoms with Gasteiger partial charge in [-0.1, -0.05) is 25.5 Å². The number of carboxylic acids is 1. The zero-order valence-corrected chi connectivity index (χ0v) is 18.8. The Labute approximate surface area is 180 Å². The Morgan fingerprint density at radius 1 is 1.23 bits per heavy atom. The largest absolute Gasteiger partial charge is 0.494 e. The summed E-state index contributed by atoms with van der Waals surface area (Å²) in [4.78, 5) is 11.5. The van der Waals surface area contributed by atoms with Gasteiger partial charge < -0.3 is 20.5 Å². The van der Waals surface area contributed by atoms with E-state index in [-0.39, 0.29) is 24.5 Å². The molecule has 8 heteroatoms. The SMILES string of the molecule is CCS(=O)(=O)CCN[C@@H](Cc1ccc(OCCCCC2CCNCC2)cc1)C(=O)O. The summed E-state index contributed by atoms with van der Waals surface area (Å²) in [5.41, 5.74) is 0.867. The van der Waals surface area contributed by atoms with Crippen LogP contribution in [0.25, 0.3) is 0 Å². The average Bonchev–Trinajstić information content (AvgIpc) is 2.74. The minimum atomic E-state index is -3.11. The molecule has 7 nitrogen and oxygen atoms in total. The molecule has 0 bridgehead atoms. The van der Waals surface area contributed by atoms with Gasteiger partial charge in [-0.15, -0.1) is 0 Å². The van der Waals surface area contributed by atoms with E-state index in [0.29, 0.717) is 6.61 Å². The van der Waals surface area contributed by atoms with Crippen LogP contribution in [0.2, 0.25) is 0 Å². The van der Waals surface area contributed by atoms with Gasteiger partial charge in [-0.25, -0.2) is 8.42 Å². The summed E-state index contributed by atoms with van der Waals surface area (Å²) < 4.78 is 28.9. The maximum atomic E-state index is 11.6. The summed E-state index contributed by atoms with van der Waals surface area (Å²) in [5, 5.41) is 15.6. The first-order valence-electron chi connectivity index (χ1n) is 11.0. The Kier molecular flexibility index (Phi) is 10.6. The minimum absolute atomic E-state index is 0.0578. The van der Waals surface area contributed by atoms with Crippen molar-refractivity contribution in [2.24, 2.45) is 5.92 Å². The Balaban J connectivity index is 1.69. The summed E-state index contributed by atoms with van der Waals surface area (Å²) in [6, 6.07) is 6.64. The highest BCUT2D eigenvalue weighted by atomic mass is 32.2. The van der Waals surface area contributed by atoms with E-state index in [1.165, 1.54) is 25.7 Å². The van der Waals surface area contributed by atoms with Crippen molar-refractivity contribution in [3.63, 3.8) is 0 Å². The zero-order valence-electron chi connectivity index (χ0n) is 17.9. The Morgan fingerprint density at radius 2 is 1.93 bits per heavy atom. The lowest BCUT2D eigenvalue weighted by atomic mass is 9.93. The summed E-state index contributed by atoms with van der Waals surface area (Å²) in [6.07, 6.45) is 6.34. The van der Waals surface area contributed by atoms with Crippen LogP contribution in [0.1, 0.15) is 44.6 Å². The van der Waals surface area contributed by atoms with E-state index in [9.17, 15) is 18.3 Å². The maximum Gasteiger partial charge on any atom is 0.321 e. The predicted octanol–water partition coefficient (Wildman–Crippen LogP) is 2.26. The zero-order chi connectivity index (χ0) is 21.8. The number of rotatable bonds is 14. The molecule has 0 spiro atoms. The maximum absolute atomic E-state index is 11.6. The lowest BCUT2D eigenvalue weighted by molar-refractivity contribution is -0.139. The summed E-state index contributed by atoms with van der Waals surface area (Å²) >= 11 is 0. The molecule has 0 saturated carbocycles. The number of sulfone groups is 1. The molecule has 1 aromatic rings. The lowest BCUT2D eigenvalue weighted by Gasteiger charge is -2.22.